The van der Waals surface area contributed by atoms with Gasteiger partial charge < -0.3 is 16.9 Å². The fraction of sp³-hybridized carbons (Fsp3) is 0.923. The van der Waals surface area contributed by atoms with Crippen LogP contribution < -0.4 is 12.4 Å². The third kappa shape index (κ3) is 4.84. The van der Waals surface area contributed by atoms with Crippen LogP contribution in [-0.2, 0) is 4.79 Å². The Balaban J connectivity index is 0.00000225. The summed E-state index contributed by atoms with van der Waals surface area (Å²) in [6, 6.07) is 0. The van der Waals surface area contributed by atoms with Crippen LogP contribution in [-0.4, -0.2) is 36.4 Å². The van der Waals surface area contributed by atoms with E-state index in [1.54, 1.807) is 0 Å². The minimum absolute atomic E-state index is 0. The number of carbonyl (C=O) groups is 1. The van der Waals surface area contributed by atoms with Crippen molar-refractivity contribution >= 4 is 5.78 Å². The van der Waals surface area contributed by atoms with Crippen molar-refractivity contribution in [1.82, 2.24) is 0 Å². The molecular formula is C13H26ClNO. The monoisotopic (exact) mass is 247 g/mol. The quantitative estimate of drug-likeness (QED) is 0.593. The van der Waals surface area contributed by atoms with Crippen LogP contribution in [0.2, 0.25) is 0 Å². The summed E-state index contributed by atoms with van der Waals surface area (Å²) in [4.78, 5) is 11.3. The van der Waals surface area contributed by atoms with Gasteiger partial charge in [0.2, 0.25) is 0 Å². The fourth-order valence-corrected chi connectivity index (χ4v) is 2.51. The average molecular weight is 248 g/mol. The maximum atomic E-state index is 11.3. The van der Waals surface area contributed by atoms with Crippen molar-refractivity contribution in [3.05, 3.63) is 0 Å². The highest BCUT2D eigenvalue weighted by Gasteiger charge is 2.31. The summed E-state index contributed by atoms with van der Waals surface area (Å²) in [6.07, 6.45) is 6.84. The number of hydrogen-bond acceptors (Lipinski definition) is 1. The highest BCUT2D eigenvalue weighted by Crippen LogP contribution is 2.19. The first-order valence-electron chi connectivity index (χ1n) is 6.59. The minimum Gasteiger partial charge on any atom is -1.00 e. The smallest absolute Gasteiger partial charge is 0.144 e. The number of piperidine rings is 1. The predicted molar refractivity (Wildman–Crippen MR) is 63.8 cm³/mol. The van der Waals surface area contributed by atoms with Gasteiger partial charge in [0.1, 0.15) is 5.78 Å². The number of ketones is 1. The molecule has 0 aromatic heterocycles. The zero-order chi connectivity index (χ0) is 11.1. The molecule has 16 heavy (non-hydrogen) atoms. The second-order valence-electron chi connectivity index (χ2n) is 4.98. The van der Waals surface area contributed by atoms with E-state index in [1.165, 1.54) is 43.3 Å². The first-order valence-corrected chi connectivity index (χ1v) is 6.59. The van der Waals surface area contributed by atoms with Crippen LogP contribution in [0.5, 0.6) is 0 Å². The molecule has 0 bridgehead atoms. The molecule has 0 spiro atoms. The zero-order valence-corrected chi connectivity index (χ0v) is 11.6. The van der Waals surface area contributed by atoms with Crippen molar-refractivity contribution in [3.63, 3.8) is 0 Å². The first kappa shape index (κ1) is 15.9. The Hall–Kier alpha value is -0.0800. The van der Waals surface area contributed by atoms with Crippen LogP contribution in [0.25, 0.3) is 0 Å². The van der Waals surface area contributed by atoms with Crippen LogP contribution in [0.15, 0.2) is 0 Å². The molecule has 2 nitrogen and oxygen atoms in total. The Morgan fingerprint density at radius 2 is 1.44 bits per heavy atom. The number of quaternary nitrogens is 1. The van der Waals surface area contributed by atoms with Gasteiger partial charge in [-0.3, -0.25) is 4.79 Å². The van der Waals surface area contributed by atoms with E-state index >= 15 is 0 Å². The lowest BCUT2D eigenvalue weighted by Gasteiger charge is -2.41. The summed E-state index contributed by atoms with van der Waals surface area (Å²) in [7, 11) is 0. The lowest BCUT2D eigenvalue weighted by Crippen LogP contribution is -3.00. The number of carbonyl (C=O) groups excluding carboxylic acids is 1. The van der Waals surface area contributed by atoms with E-state index in [0.717, 1.165) is 25.9 Å². The van der Waals surface area contributed by atoms with E-state index in [4.69, 9.17) is 0 Å². The average Bonchev–Trinajstić information content (AvgIpc) is 2.27. The largest absolute Gasteiger partial charge is 1.00 e. The van der Waals surface area contributed by atoms with E-state index in [-0.39, 0.29) is 12.4 Å². The summed E-state index contributed by atoms with van der Waals surface area (Å²) in [5, 5.41) is 0. The van der Waals surface area contributed by atoms with Gasteiger partial charge in [0, 0.05) is 0 Å². The molecule has 0 aliphatic carbocycles. The van der Waals surface area contributed by atoms with E-state index in [0.29, 0.717) is 5.78 Å². The van der Waals surface area contributed by atoms with Gasteiger partial charge in [-0.05, 0) is 12.8 Å². The van der Waals surface area contributed by atoms with Gasteiger partial charge in [0.15, 0.2) is 0 Å². The summed E-state index contributed by atoms with van der Waals surface area (Å²) >= 11 is 0. The molecule has 1 aliphatic heterocycles. The van der Waals surface area contributed by atoms with Gasteiger partial charge in [-0.15, -0.1) is 0 Å². The lowest BCUT2D eigenvalue weighted by molar-refractivity contribution is -0.929. The molecular weight excluding hydrogens is 222 g/mol. The van der Waals surface area contributed by atoms with E-state index in [2.05, 4.69) is 13.8 Å². The summed E-state index contributed by atoms with van der Waals surface area (Å²) in [6.45, 7) is 9.32. The number of rotatable bonds is 6. The number of halogens is 1. The molecule has 96 valence electrons. The number of unbranched alkanes of at least 4 members (excludes halogenated alkanes) is 2. The number of nitrogens with zero attached hydrogens (tertiary/aromatic N) is 1. The van der Waals surface area contributed by atoms with E-state index in [9.17, 15) is 4.79 Å². The molecule has 0 saturated carbocycles. The van der Waals surface area contributed by atoms with Crippen molar-refractivity contribution in [3.8, 4) is 0 Å². The molecule has 3 heteroatoms. The highest BCUT2D eigenvalue weighted by molar-refractivity contribution is 5.78. The molecule has 1 fully saturated rings. The Bertz CT molecular complexity index is 186. The molecule has 1 rings (SSSR count). The predicted octanol–water partition coefficient (Wildman–Crippen LogP) is -0.230. The second kappa shape index (κ2) is 8.08. The van der Waals surface area contributed by atoms with Crippen molar-refractivity contribution in [2.45, 2.75) is 52.4 Å². The Morgan fingerprint density at radius 1 is 1.00 bits per heavy atom. The highest BCUT2D eigenvalue weighted by atomic mass is 35.5. The maximum Gasteiger partial charge on any atom is 0.144 e. The van der Waals surface area contributed by atoms with Gasteiger partial charge in [-0.25, -0.2) is 0 Å². The van der Waals surface area contributed by atoms with Crippen molar-refractivity contribution in [2.75, 3.05) is 26.2 Å². The van der Waals surface area contributed by atoms with Crippen molar-refractivity contribution < 1.29 is 21.7 Å². The van der Waals surface area contributed by atoms with Gasteiger partial charge in [-0.2, -0.15) is 0 Å². The second-order valence-corrected chi connectivity index (χ2v) is 4.98. The van der Waals surface area contributed by atoms with Gasteiger partial charge in [0.05, 0.1) is 39.0 Å². The summed E-state index contributed by atoms with van der Waals surface area (Å²) in [5.41, 5.74) is 0. The molecule has 1 heterocycles. The third-order valence-electron chi connectivity index (χ3n) is 3.70. The lowest BCUT2D eigenvalue weighted by atomic mass is 10.0. The zero-order valence-electron chi connectivity index (χ0n) is 10.8. The molecule has 1 aliphatic rings. The van der Waals surface area contributed by atoms with Crippen molar-refractivity contribution in [1.29, 1.82) is 0 Å². The van der Waals surface area contributed by atoms with Gasteiger partial charge in [-0.1, -0.05) is 26.7 Å². The molecule has 0 atom stereocenters. The number of hydrogen-bond donors (Lipinski definition) is 0. The van der Waals surface area contributed by atoms with Crippen LogP contribution >= 0.6 is 0 Å². The minimum atomic E-state index is 0. The Morgan fingerprint density at radius 3 is 1.81 bits per heavy atom. The first-order chi connectivity index (χ1) is 7.22. The SMILES string of the molecule is CCCC[N+]1(CCCC)CCC(=O)CC1.[Cl-]. The summed E-state index contributed by atoms with van der Waals surface area (Å²) < 4.78 is 1.23. The Kier molecular flexibility index (Phi) is 8.04. The maximum absolute atomic E-state index is 11.3. The van der Waals surface area contributed by atoms with Crippen LogP contribution in [0.1, 0.15) is 52.4 Å². The molecule has 0 aromatic rings. The fourth-order valence-electron chi connectivity index (χ4n) is 2.51. The molecule has 0 radical (unpaired) electrons. The number of Topliss-reactive ketones (excluding diaryl/α,β-unsaturated/α-hetero) is 1. The summed E-state index contributed by atoms with van der Waals surface area (Å²) in [5.74, 6) is 0.483. The number of likely N-dealkylation sites (tertiary alicyclic amines) is 1. The third-order valence-corrected chi connectivity index (χ3v) is 3.70. The molecule has 0 aromatic carbocycles. The molecule has 0 amide bonds. The van der Waals surface area contributed by atoms with Gasteiger partial charge in [0.25, 0.3) is 0 Å². The van der Waals surface area contributed by atoms with E-state index < -0.39 is 0 Å². The van der Waals surface area contributed by atoms with E-state index in [1.807, 2.05) is 0 Å². The topological polar surface area (TPSA) is 17.1 Å². The normalized spacial score (nSPS) is 19.2. The van der Waals surface area contributed by atoms with Crippen LogP contribution in [0, 0.1) is 0 Å². The van der Waals surface area contributed by atoms with Gasteiger partial charge >= 0.3 is 0 Å². The molecule has 1 saturated heterocycles. The van der Waals surface area contributed by atoms with Crippen molar-refractivity contribution in [2.24, 2.45) is 0 Å². The molecule has 0 N–H and O–H groups in total. The molecule has 0 unspecified atom stereocenters. The Labute approximate surface area is 106 Å². The van der Waals surface area contributed by atoms with Crippen LogP contribution in [0.4, 0.5) is 0 Å². The van der Waals surface area contributed by atoms with Crippen LogP contribution in [0.3, 0.4) is 0 Å². The standard InChI is InChI=1S/C13H26NO.ClH/c1-3-5-9-14(10-6-4-2)11-7-13(15)8-12-14;/h3-12H2,1-2H3;1H/q+1;/p-1.